The molecule has 1 heterocycles. The molecule has 1 aliphatic rings. The quantitative estimate of drug-likeness (QED) is 0.375. The summed E-state index contributed by atoms with van der Waals surface area (Å²) in [5.41, 5.74) is 1.66. The SMILES string of the molecule is CCNC(=NCc1ccc(F)c(C)c1)NCC(C)N1CCOCC1C.I. The van der Waals surface area contributed by atoms with E-state index in [4.69, 9.17) is 4.74 Å². The van der Waals surface area contributed by atoms with Crippen molar-refractivity contribution in [3.05, 3.63) is 35.1 Å². The van der Waals surface area contributed by atoms with Crippen LogP contribution in [0.3, 0.4) is 0 Å². The molecule has 0 radical (unpaired) electrons. The molecule has 0 aromatic heterocycles. The maximum absolute atomic E-state index is 13.4. The number of ether oxygens (including phenoxy) is 1. The molecule has 1 aliphatic heterocycles. The molecule has 0 spiro atoms. The van der Waals surface area contributed by atoms with Gasteiger partial charge in [-0.25, -0.2) is 9.38 Å². The average Bonchev–Trinajstić information content (AvgIpc) is 2.60. The number of rotatable bonds is 6. The Labute approximate surface area is 173 Å². The number of hydrogen-bond donors (Lipinski definition) is 2. The monoisotopic (exact) mass is 478 g/mol. The lowest BCUT2D eigenvalue weighted by Gasteiger charge is -2.38. The number of guanidine groups is 1. The molecular formula is C19H32FIN4O. The van der Waals surface area contributed by atoms with Crippen LogP contribution >= 0.6 is 24.0 Å². The molecule has 1 fully saturated rings. The van der Waals surface area contributed by atoms with Gasteiger partial charge in [0.2, 0.25) is 0 Å². The van der Waals surface area contributed by atoms with Gasteiger partial charge in [0, 0.05) is 31.7 Å². The maximum Gasteiger partial charge on any atom is 0.191 e. The second-order valence-electron chi connectivity index (χ2n) is 6.67. The summed E-state index contributed by atoms with van der Waals surface area (Å²) < 4.78 is 18.9. The lowest BCUT2D eigenvalue weighted by molar-refractivity contribution is -0.0174. The molecule has 2 atom stereocenters. The van der Waals surface area contributed by atoms with Crippen LogP contribution in [0.15, 0.2) is 23.2 Å². The second kappa shape index (κ2) is 11.7. The van der Waals surface area contributed by atoms with E-state index in [2.05, 4.69) is 34.4 Å². The van der Waals surface area contributed by atoms with Gasteiger partial charge in [0.1, 0.15) is 5.82 Å². The standard InChI is InChI=1S/C19H31FN4O.HI/c1-5-21-19(23-12-17-6-7-18(20)14(2)10-17)22-11-15(3)24-8-9-25-13-16(24)4;/h6-7,10,15-16H,5,8-9,11-13H2,1-4H3,(H2,21,22,23);1H. The average molecular weight is 478 g/mol. The highest BCUT2D eigenvalue weighted by molar-refractivity contribution is 14.0. The first-order chi connectivity index (χ1) is 12.0. The smallest absolute Gasteiger partial charge is 0.191 e. The minimum Gasteiger partial charge on any atom is -0.379 e. The Hall–Kier alpha value is -0.930. The van der Waals surface area contributed by atoms with Gasteiger partial charge in [0.25, 0.3) is 0 Å². The van der Waals surface area contributed by atoms with Gasteiger partial charge in [0.15, 0.2) is 5.96 Å². The Morgan fingerprint density at radius 2 is 2.19 bits per heavy atom. The van der Waals surface area contributed by atoms with Crippen molar-refractivity contribution >= 4 is 29.9 Å². The molecule has 2 unspecified atom stereocenters. The van der Waals surface area contributed by atoms with Gasteiger partial charge in [-0.2, -0.15) is 0 Å². The van der Waals surface area contributed by atoms with Crippen molar-refractivity contribution in [2.75, 3.05) is 32.8 Å². The summed E-state index contributed by atoms with van der Waals surface area (Å²) in [6, 6.07) is 5.97. The Morgan fingerprint density at radius 1 is 1.42 bits per heavy atom. The van der Waals surface area contributed by atoms with Crippen LogP contribution in [0.25, 0.3) is 0 Å². The number of morpholine rings is 1. The number of nitrogens with zero attached hydrogens (tertiary/aromatic N) is 2. The van der Waals surface area contributed by atoms with Crippen molar-refractivity contribution in [3.63, 3.8) is 0 Å². The van der Waals surface area contributed by atoms with Gasteiger partial charge in [-0.15, -0.1) is 24.0 Å². The van der Waals surface area contributed by atoms with Crippen molar-refractivity contribution in [1.29, 1.82) is 0 Å². The number of aliphatic imine (C=N–C) groups is 1. The number of halogens is 2. The lowest BCUT2D eigenvalue weighted by Crippen LogP contribution is -2.53. The third-order valence-electron chi connectivity index (χ3n) is 4.54. The lowest BCUT2D eigenvalue weighted by atomic mass is 10.1. The zero-order chi connectivity index (χ0) is 18.2. The minimum absolute atomic E-state index is 0. The first-order valence-corrected chi connectivity index (χ1v) is 9.12. The summed E-state index contributed by atoms with van der Waals surface area (Å²) in [6.45, 7) is 13.0. The van der Waals surface area contributed by atoms with Gasteiger partial charge in [-0.3, -0.25) is 4.90 Å². The molecule has 1 saturated heterocycles. The second-order valence-corrected chi connectivity index (χ2v) is 6.67. The summed E-state index contributed by atoms with van der Waals surface area (Å²) in [6.07, 6.45) is 0. The van der Waals surface area contributed by atoms with Crippen molar-refractivity contribution in [2.45, 2.75) is 46.3 Å². The van der Waals surface area contributed by atoms with Gasteiger partial charge in [-0.05, 0) is 44.9 Å². The molecule has 2 N–H and O–H groups in total. The Bertz CT molecular complexity index is 585. The number of nitrogens with one attached hydrogen (secondary N) is 2. The fourth-order valence-electron chi connectivity index (χ4n) is 3.07. The molecule has 0 amide bonds. The summed E-state index contributed by atoms with van der Waals surface area (Å²) >= 11 is 0. The molecule has 0 bridgehead atoms. The van der Waals surface area contributed by atoms with E-state index in [1.807, 2.05) is 13.0 Å². The predicted molar refractivity (Wildman–Crippen MR) is 116 cm³/mol. The molecule has 1 aromatic carbocycles. The zero-order valence-corrected chi connectivity index (χ0v) is 18.5. The molecule has 7 heteroatoms. The third kappa shape index (κ3) is 7.00. The van der Waals surface area contributed by atoms with E-state index in [0.29, 0.717) is 24.2 Å². The molecular weight excluding hydrogens is 446 g/mol. The van der Waals surface area contributed by atoms with Gasteiger partial charge >= 0.3 is 0 Å². The summed E-state index contributed by atoms with van der Waals surface area (Å²) in [7, 11) is 0. The minimum atomic E-state index is -0.175. The third-order valence-corrected chi connectivity index (χ3v) is 4.54. The van der Waals surface area contributed by atoms with Crippen LogP contribution < -0.4 is 10.6 Å². The highest BCUT2D eigenvalue weighted by Crippen LogP contribution is 2.11. The van der Waals surface area contributed by atoms with Gasteiger partial charge < -0.3 is 15.4 Å². The normalized spacial score (nSPS) is 19.6. The predicted octanol–water partition coefficient (Wildman–Crippen LogP) is 2.92. The van der Waals surface area contributed by atoms with Crippen molar-refractivity contribution in [2.24, 2.45) is 4.99 Å². The van der Waals surface area contributed by atoms with Crippen LogP contribution in [0.5, 0.6) is 0 Å². The topological polar surface area (TPSA) is 48.9 Å². The Balaban J connectivity index is 0.00000338. The maximum atomic E-state index is 13.4. The van der Waals surface area contributed by atoms with Crippen LogP contribution in [0, 0.1) is 12.7 Å². The van der Waals surface area contributed by atoms with E-state index in [9.17, 15) is 4.39 Å². The molecule has 0 saturated carbocycles. The first-order valence-electron chi connectivity index (χ1n) is 9.12. The summed E-state index contributed by atoms with van der Waals surface area (Å²) in [4.78, 5) is 7.08. The van der Waals surface area contributed by atoms with Crippen LogP contribution in [0.1, 0.15) is 31.9 Å². The fraction of sp³-hybridized carbons (Fsp3) is 0.632. The van der Waals surface area contributed by atoms with Crippen molar-refractivity contribution < 1.29 is 9.13 Å². The molecule has 148 valence electrons. The van der Waals surface area contributed by atoms with E-state index >= 15 is 0 Å². The van der Waals surface area contributed by atoms with E-state index in [-0.39, 0.29) is 29.8 Å². The van der Waals surface area contributed by atoms with Crippen molar-refractivity contribution in [1.82, 2.24) is 15.5 Å². The van der Waals surface area contributed by atoms with E-state index in [1.54, 1.807) is 13.0 Å². The number of aryl methyl sites for hydroxylation is 1. The molecule has 2 rings (SSSR count). The Kier molecular flexibility index (Phi) is 10.4. The van der Waals surface area contributed by atoms with Crippen molar-refractivity contribution in [3.8, 4) is 0 Å². The highest BCUT2D eigenvalue weighted by Gasteiger charge is 2.23. The van der Waals surface area contributed by atoms with Crippen LogP contribution in [-0.4, -0.2) is 55.8 Å². The number of benzene rings is 1. The van der Waals surface area contributed by atoms with E-state index in [1.165, 1.54) is 6.07 Å². The van der Waals surface area contributed by atoms with Gasteiger partial charge in [-0.1, -0.05) is 12.1 Å². The Morgan fingerprint density at radius 3 is 2.85 bits per heavy atom. The molecule has 26 heavy (non-hydrogen) atoms. The van der Waals surface area contributed by atoms with E-state index < -0.39 is 0 Å². The summed E-state index contributed by atoms with van der Waals surface area (Å²) in [5.74, 6) is 0.614. The largest absolute Gasteiger partial charge is 0.379 e. The van der Waals surface area contributed by atoms with Crippen LogP contribution in [-0.2, 0) is 11.3 Å². The fourth-order valence-corrected chi connectivity index (χ4v) is 3.07. The molecule has 1 aromatic rings. The number of hydrogen-bond acceptors (Lipinski definition) is 3. The molecule has 0 aliphatic carbocycles. The van der Waals surface area contributed by atoms with Crippen LogP contribution in [0.4, 0.5) is 4.39 Å². The summed E-state index contributed by atoms with van der Waals surface area (Å²) in [5, 5.41) is 6.69. The molecule has 5 nitrogen and oxygen atoms in total. The zero-order valence-electron chi connectivity index (χ0n) is 16.2. The first kappa shape index (κ1) is 23.1. The van der Waals surface area contributed by atoms with Crippen LogP contribution in [0.2, 0.25) is 0 Å². The van der Waals surface area contributed by atoms with Gasteiger partial charge in [0.05, 0.1) is 19.8 Å². The highest BCUT2D eigenvalue weighted by atomic mass is 127. The van der Waals surface area contributed by atoms with E-state index in [0.717, 1.165) is 44.4 Å².